The van der Waals surface area contributed by atoms with E-state index in [0.29, 0.717) is 5.70 Å². The third kappa shape index (κ3) is 1.87. The molecule has 0 radical (unpaired) electrons. The maximum atomic E-state index is 5.74. The van der Waals surface area contributed by atoms with Gasteiger partial charge in [-0.05, 0) is 37.5 Å². The molecule has 0 amide bonds. The maximum absolute atomic E-state index is 5.74. The SMILES string of the molecule is C=C(N)/C(=C/C)c1cccc(C)c1C. The van der Waals surface area contributed by atoms with E-state index in [1.807, 2.05) is 19.1 Å². The third-order valence-electron chi connectivity index (χ3n) is 2.53. The first-order valence-electron chi connectivity index (χ1n) is 4.75. The van der Waals surface area contributed by atoms with Crippen LogP contribution in [0.1, 0.15) is 23.6 Å². The van der Waals surface area contributed by atoms with Crippen molar-refractivity contribution in [3.63, 3.8) is 0 Å². The van der Waals surface area contributed by atoms with Gasteiger partial charge in [0.2, 0.25) is 0 Å². The third-order valence-corrected chi connectivity index (χ3v) is 2.53. The van der Waals surface area contributed by atoms with Gasteiger partial charge in [-0.3, -0.25) is 0 Å². The second-order valence-electron chi connectivity index (χ2n) is 3.48. The van der Waals surface area contributed by atoms with Gasteiger partial charge in [0.15, 0.2) is 0 Å². The molecule has 0 aliphatic carbocycles. The summed E-state index contributed by atoms with van der Waals surface area (Å²) >= 11 is 0. The molecule has 0 spiro atoms. The van der Waals surface area contributed by atoms with Gasteiger partial charge in [-0.25, -0.2) is 0 Å². The van der Waals surface area contributed by atoms with Gasteiger partial charge in [0.05, 0.1) is 0 Å². The molecule has 0 aliphatic rings. The van der Waals surface area contributed by atoms with Gasteiger partial charge >= 0.3 is 0 Å². The molecule has 0 aromatic heterocycles. The zero-order chi connectivity index (χ0) is 10.7. The van der Waals surface area contributed by atoms with E-state index in [2.05, 4.69) is 32.6 Å². The number of rotatable bonds is 2. The average molecular weight is 187 g/mol. The van der Waals surface area contributed by atoms with Crippen LogP contribution in [-0.2, 0) is 0 Å². The molecule has 2 N–H and O–H groups in total. The highest BCUT2D eigenvalue weighted by atomic mass is 14.6. The van der Waals surface area contributed by atoms with Crippen LogP contribution in [0.25, 0.3) is 5.57 Å². The molecule has 1 heteroatoms. The predicted octanol–water partition coefficient (Wildman–Crippen LogP) is 3.18. The fourth-order valence-corrected chi connectivity index (χ4v) is 1.56. The lowest BCUT2D eigenvalue weighted by Gasteiger charge is -2.11. The molecule has 0 saturated carbocycles. The largest absolute Gasteiger partial charge is 0.399 e. The van der Waals surface area contributed by atoms with E-state index < -0.39 is 0 Å². The Morgan fingerprint density at radius 2 is 2.00 bits per heavy atom. The number of hydrogen-bond acceptors (Lipinski definition) is 1. The Bertz CT molecular complexity index is 386. The normalized spacial score (nSPS) is 11.5. The number of benzene rings is 1. The number of hydrogen-bond donors (Lipinski definition) is 1. The van der Waals surface area contributed by atoms with Crippen LogP contribution in [0.5, 0.6) is 0 Å². The van der Waals surface area contributed by atoms with E-state index in [4.69, 9.17) is 5.73 Å². The summed E-state index contributed by atoms with van der Waals surface area (Å²) in [5.41, 5.74) is 11.1. The van der Waals surface area contributed by atoms with Crippen LogP contribution in [0, 0.1) is 13.8 Å². The van der Waals surface area contributed by atoms with Crippen LogP contribution < -0.4 is 5.73 Å². The van der Waals surface area contributed by atoms with Crippen molar-refractivity contribution in [2.24, 2.45) is 5.73 Å². The van der Waals surface area contributed by atoms with E-state index in [1.165, 1.54) is 16.7 Å². The Balaban J connectivity index is 3.32. The highest BCUT2D eigenvalue weighted by Crippen LogP contribution is 2.24. The lowest BCUT2D eigenvalue weighted by atomic mass is 9.95. The van der Waals surface area contributed by atoms with E-state index in [9.17, 15) is 0 Å². The number of nitrogens with two attached hydrogens (primary N) is 1. The van der Waals surface area contributed by atoms with Crippen molar-refractivity contribution in [3.05, 3.63) is 53.2 Å². The van der Waals surface area contributed by atoms with Gasteiger partial charge in [-0.2, -0.15) is 0 Å². The number of allylic oxidation sites excluding steroid dienone is 2. The zero-order valence-electron chi connectivity index (χ0n) is 9.09. The summed E-state index contributed by atoms with van der Waals surface area (Å²) in [6, 6.07) is 6.23. The van der Waals surface area contributed by atoms with Crippen molar-refractivity contribution in [2.45, 2.75) is 20.8 Å². The summed E-state index contributed by atoms with van der Waals surface area (Å²) in [5.74, 6) is 0. The predicted molar refractivity (Wildman–Crippen MR) is 62.9 cm³/mol. The fourth-order valence-electron chi connectivity index (χ4n) is 1.56. The van der Waals surface area contributed by atoms with Crippen LogP contribution in [-0.4, -0.2) is 0 Å². The molecular formula is C13H17N. The second kappa shape index (κ2) is 4.14. The summed E-state index contributed by atoms with van der Waals surface area (Å²) in [5, 5.41) is 0. The molecule has 1 aromatic carbocycles. The van der Waals surface area contributed by atoms with E-state index in [0.717, 1.165) is 5.57 Å². The summed E-state index contributed by atoms with van der Waals surface area (Å²) in [4.78, 5) is 0. The van der Waals surface area contributed by atoms with E-state index in [1.54, 1.807) is 0 Å². The fraction of sp³-hybridized carbons (Fsp3) is 0.231. The van der Waals surface area contributed by atoms with E-state index >= 15 is 0 Å². The van der Waals surface area contributed by atoms with Gasteiger partial charge in [-0.15, -0.1) is 0 Å². The second-order valence-corrected chi connectivity index (χ2v) is 3.48. The van der Waals surface area contributed by atoms with Gasteiger partial charge in [-0.1, -0.05) is 30.9 Å². The van der Waals surface area contributed by atoms with Crippen molar-refractivity contribution in [3.8, 4) is 0 Å². The van der Waals surface area contributed by atoms with Crippen LogP contribution >= 0.6 is 0 Å². The molecule has 74 valence electrons. The Hall–Kier alpha value is -1.50. The smallest absolute Gasteiger partial charge is 0.0317 e. The molecule has 0 unspecified atom stereocenters. The summed E-state index contributed by atoms with van der Waals surface area (Å²) in [6.45, 7) is 9.98. The summed E-state index contributed by atoms with van der Waals surface area (Å²) in [6.07, 6.45) is 2.00. The van der Waals surface area contributed by atoms with Gasteiger partial charge in [0.25, 0.3) is 0 Å². The monoisotopic (exact) mass is 187 g/mol. The Kier molecular flexibility index (Phi) is 3.13. The van der Waals surface area contributed by atoms with Crippen molar-refractivity contribution in [2.75, 3.05) is 0 Å². The van der Waals surface area contributed by atoms with Crippen LogP contribution in [0.2, 0.25) is 0 Å². The molecule has 1 nitrogen and oxygen atoms in total. The van der Waals surface area contributed by atoms with Crippen molar-refractivity contribution in [1.82, 2.24) is 0 Å². The minimum absolute atomic E-state index is 0.626. The lowest BCUT2D eigenvalue weighted by Crippen LogP contribution is -2.00. The average Bonchev–Trinajstić information content (AvgIpc) is 2.13. The molecule has 14 heavy (non-hydrogen) atoms. The van der Waals surface area contributed by atoms with Crippen LogP contribution in [0.4, 0.5) is 0 Å². The van der Waals surface area contributed by atoms with Crippen molar-refractivity contribution in [1.29, 1.82) is 0 Å². The minimum atomic E-state index is 0.626. The standard InChI is InChI=1S/C13H17N/c1-5-12(11(4)14)13-8-6-7-9(2)10(13)3/h5-8H,4,14H2,1-3H3/b12-5-. The molecule has 0 saturated heterocycles. The molecule has 1 aromatic rings. The first-order chi connectivity index (χ1) is 6.57. The first kappa shape index (κ1) is 10.6. The van der Waals surface area contributed by atoms with Crippen molar-refractivity contribution < 1.29 is 0 Å². The molecule has 1 rings (SSSR count). The molecule has 0 atom stereocenters. The topological polar surface area (TPSA) is 26.0 Å². The highest BCUT2D eigenvalue weighted by molar-refractivity contribution is 5.79. The lowest BCUT2D eigenvalue weighted by molar-refractivity contribution is 1.30. The van der Waals surface area contributed by atoms with Gasteiger partial charge in [0, 0.05) is 11.3 Å². The molecular weight excluding hydrogens is 170 g/mol. The van der Waals surface area contributed by atoms with Crippen LogP contribution in [0.15, 0.2) is 36.6 Å². The zero-order valence-corrected chi connectivity index (χ0v) is 9.09. The Morgan fingerprint density at radius 3 is 2.50 bits per heavy atom. The van der Waals surface area contributed by atoms with E-state index in [-0.39, 0.29) is 0 Å². The van der Waals surface area contributed by atoms with Gasteiger partial charge in [0.1, 0.15) is 0 Å². The molecule has 0 heterocycles. The number of aryl methyl sites for hydroxylation is 1. The summed E-state index contributed by atoms with van der Waals surface area (Å²) in [7, 11) is 0. The molecule has 0 fully saturated rings. The maximum Gasteiger partial charge on any atom is 0.0317 e. The van der Waals surface area contributed by atoms with Gasteiger partial charge < -0.3 is 5.73 Å². The molecule has 0 bridgehead atoms. The van der Waals surface area contributed by atoms with Crippen LogP contribution in [0.3, 0.4) is 0 Å². The van der Waals surface area contributed by atoms with Crippen molar-refractivity contribution >= 4 is 5.57 Å². The Labute approximate surface area is 85.9 Å². The highest BCUT2D eigenvalue weighted by Gasteiger charge is 2.06. The summed E-state index contributed by atoms with van der Waals surface area (Å²) < 4.78 is 0. The molecule has 0 aliphatic heterocycles. The Morgan fingerprint density at radius 1 is 1.36 bits per heavy atom. The minimum Gasteiger partial charge on any atom is -0.399 e. The first-order valence-corrected chi connectivity index (χ1v) is 4.75. The quantitative estimate of drug-likeness (QED) is 0.707.